The van der Waals surface area contributed by atoms with Gasteiger partial charge in [-0.25, -0.2) is 4.79 Å². The maximum atomic E-state index is 12.2. The summed E-state index contributed by atoms with van der Waals surface area (Å²) >= 11 is 0. The highest BCUT2D eigenvalue weighted by Gasteiger charge is 2.35. The predicted molar refractivity (Wildman–Crippen MR) is 93.7 cm³/mol. The van der Waals surface area contributed by atoms with Crippen molar-refractivity contribution in [3.05, 3.63) is 53.3 Å². The number of carbonyl (C=O) groups is 2. The average molecular weight is 351 g/mol. The largest absolute Gasteiger partial charge is 0.461 e. The summed E-state index contributed by atoms with van der Waals surface area (Å²) in [7, 11) is 0. The molecule has 0 saturated heterocycles. The first-order valence-corrected chi connectivity index (χ1v) is 8.33. The number of nitrogens with zero attached hydrogens (tertiary/aromatic N) is 2. The van der Waals surface area contributed by atoms with Crippen molar-refractivity contribution in [2.75, 3.05) is 11.9 Å². The topological polar surface area (TPSA) is 113 Å². The minimum atomic E-state index is -0.489. The van der Waals surface area contributed by atoms with Crippen molar-refractivity contribution in [2.45, 2.75) is 19.3 Å². The van der Waals surface area contributed by atoms with Crippen LogP contribution < -0.4 is 5.32 Å². The summed E-state index contributed by atoms with van der Waals surface area (Å²) in [6.07, 6.45) is 1.76. The monoisotopic (exact) mass is 351 g/mol. The van der Waals surface area contributed by atoms with E-state index in [-0.39, 0.29) is 30.5 Å². The number of benzene rings is 1. The van der Waals surface area contributed by atoms with Gasteiger partial charge in [-0.05, 0) is 12.5 Å². The molecule has 0 spiro atoms. The molecular weight excluding hydrogens is 334 g/mol. The maximum absolute atomic E-state index is 12.2. The van der Waals surface area contributed by atoms with Crippen LogP contribution in [0.3, 0.4) is 0 Å². The lowest BCUT2D eigenvalue weighted by atomic mass is 9.84. The molecule has 0 aliphatic carbocycles. The van der Waals surface area contributed by atoms with Gasteiger partial charge in [-0.3, -0.25) is 15.0 Å². The minimum absolute atomic E-state index is 0.162. The Morgan fingerprint density at radius 2 is 2.08 bits per heavy atom. The molecule has 1 amide bonds. The molecule has 2 aromatic heterocycles. The number of fused-ring (bicyclic) bond motifs is 1. The number of esters is 1. The van der Waals surface area contributed by atoms with Gasteiger partial charge in [0.25, 0.3) is 0 Å². The Balaban J connectivity index is 1.84. The molecule has 0 fully saturated rings. The lowest BCUT2D eigenvalue weighted by molar-refractivity contribution is -0.116. The lowest BCUT2D eigenvalue weighted by Crippen LogP contribution is -2.24. The van der Waals surface area contributed by atoms with Crippen molar-refractivity contribution in [3.8, 4) is 11.3 Å². The molecule has 0 unspecified atom stereocenters. The number of rotatable bonds is 4. The van der Waals surface area contributed by atoms with Crippen molar-refractivity contribution in [1.29, 1.82) is 0 Å². The molecule has 3 N–H and O–H groups in total. The molecule has 1 atom stereocenters. The van der Waals surface area contributed by atoms with Crippen LogP contribution in [0.1, 0.15) is 40.9 Å². The molecule has 1 aliphatic rings. The second-order valence-electron chi connectivity index (χ2n) is 5.95. The summed E-state index contributed by atoms with van der Waals surface area (Å²) < 4.78 is 5.09. The molecule has 0 radical (unpaired) electrons. The van der Waals surface area contributed by atoms with E-state index in [4.69, 9.17) is 4.74 Å². The van der Waals surface area contributed by atoms with Crippen LogP contribution in [-0.4, -0.2) is 38.9 Å². The Morgan fingerprint density at radius 1 is 1.27 bits per heavy atom. The van der Waals surface area contributed by atoms with E-state index in [1.807, 2.05) is 30.3 Å². The number of nitrogens with one attached hydrogen (secondary N) is 3. The van der Waals surface area contributed by atoms with Crippen molar-refractivity contribution in [1.82, 2.24) is 20.4 Å². The van der Waals surface area contributed by atoms with E-state index in [0.717, 1.165) is 16.8 Å². The fraction of sp³-hybridized carbons (Fsp3) is 0.222. The number of hydrogen-bond acceptors (Lipinski definition) is 5. The number of anilines is 1. The first-order valence-electron chi connectivity index (χ1n) is 8.33. The molecule has 4 rings (SSSR count). The quantitative estimate of drug-likeness (QED) is 0.625. The summed E-state index contributed by atoms with van der Waals surface area (Å²) in [5, 5.41) is 16.7. The number of H-pyrrole nitrogens is 2. The second kappa shape index (κ2) is 6.47. The fourth-order valence-electron chi connectivity index (χ4n) is 3.27. The molecule has 8 nitrogen and oxygen atoms in total. The minimum Gasteiger partial charge on any atom is -0.461 e. The van der Waals surface area contributed by atoms with E-state index < -0.39 is 5.97 Å². The summed E-state index contributed by atoms with van der Waals surface area (Å²) in [6, 6.07) is 9.72. The van der Waals surface area contributed by atoms with Crippen LogP contribution in [-0.2, 0) is 9.53 Å². The standard InChI is InChI=1S/C18H17N5O3/c1-2-26-18(25)16-12(9-19-21-16)11-8-13(24)20-17-14(11)15(22-23-17)10-6-4-3-5-7-10/h3-7,9,11H,2,8H2,1H3,(H,19,21)(H2,20,22,23,24)/t11-/m1/s1. The number of carbonyl (C=O) groups excluding carboxylic acids is 2. The van der Waals surface area contributed by atoms with Gasteiger partial charge in [-0.2, -0.15) is 10.2 Å². The van der Waals surface area contributed by atoms with Gasteiger partial charge in [-0.15, -0.1) is 0 Å². The van der Waals surface area contributed by atoms with E-state index >= 15 is 0 Å². The van der Waals surface area contributed by atoms with Crippen molar-refractivity contribution < 1.29 is 14.3 Å². The molecule has 1 aromatic carbocycles. The predicted octanol–water partition coefficient (Wildman–Crippen LogP) is 2.45. The Bertz CT molecular complexity index is 960. The molecule has 3 aromatic rings. The van der Waals surface area contributed by atoms with Gasteiger partial charge in [0.05, 0.1) is 18.5 Å². The van der Waals surface area contributed by atoms with E-state index in [2.05, 4.69) is 25.7 Å². The number of hydrogen-bond donors (Lipinski definition) is 3. The van der Waals surface area contributed by atoms with Gasteiger partial charge in [0.15, 0.2) is 5.82 Å². The van der Waals surface area contributed by atoms with Crippen molar-refractivity contribution in [2.24, 2.45) is 0 Å². The van der Waals surface area contributed by atoms with Gasteiger partial charge in [0.2, 0.25) is 5.91 Å². The Morgan fingerprint density at radius 3 is 2.85 bits per heavy atom. The van der Waals surface area contributed by atoms with E-state index in [1.54, 1.807) is 13.1 Å². The summed E-state index contributed by atoms with van der Waals surface area (Å²) in [6.45, 7) is 2.00. The van der Waals surface area contributed by atoms with Crippen molar-refractivity contribution in [3.63, 3.8) is 0 Å². The third-order valence-corrected chi connectivity index (χ3v) is 4.39. The van der Waals surface area contributed by atoms with E-state index in [9.17, 15) is 9.59 Å². The van der Waals surface area contributed by atoms with Crippen LogP contribution in [0, 0.1) is 0 Å². The van der Waals surface area contributed by atoms with Crippen LogP contribution in [0.4, 0.5) is 5.82 Å². The normalized spacial score (nSPS) is 16.0. The first kappa shape index (κ1) is 16.1. The second-order valence-corrected chi connectivity index (χ2v) is 5.95. The number of aromatic amines is 2. The molecule has 26 heavy (non-hydrogen) atoms. The summed E-state index contributed by atoms with van der Waals surface area (Å²) in [5.41, 5.74) is 3.48. The number of aromatic nitrogens is 4. The molecule has 0 saturated carbocycles. The average Bonchev–Trinajstić information content (AvgIpc) is 3.29. The van der Waals surface area contributed by atoms with E-state index in [1.165, 1.54) is 0 Å². The molecule has 132 valence electrons. The number of ether oxygens (including phenoxy) is 1. The van der Waals surface area contributed by atoms with Crippen molar-refractivity contribution >= 4 is 17.7 Å². The van der Waals surface area contributed by atoms with Crippen LogP contribution in [0.15, 0.2) is 36.5 Å². The van der Waals surface area contributed by atoms with Crippen LogP contribution in [0.5, 0.6) is 0 Å². The third kappa shape index (κ3) is 2.65. The molecule has 3 heterocycles. The molecule has 0 bridgehead atoms. The Labute approximate surface area is 149 Å². The summed E-state index contributed by atoms with van der Waals surface area (Å²) in [5.74, 6) is -0.533. The molecule has 1 aliphatic heterocycles. The van der Waals surface area contributed by atoms with Gasteiger partial charge in [0.1, 0.15) is 5.69 Å². The zero-order valence-corrected chi connectivity index (χ0v) is 14.1. The fourth-order valence-corrected chi connectivity index (χ4v) is 3.27. The van der Waals surface area contributed by atoms with Crippen LogP contribution in [0.2, 0.25) is 0 Å². The Kier molecular flexibility index (Phi) is 4.00. The van der Waals surface area contributed by atoms with Gasteiger partial charge in [-0.1, -0.05) is 30.3 Å². The molecular formula is C18H17N5O3. The van der Waals surface area contributed by atoms with Crippen LogP contribution in [0.25, 0.3) is 11.3 Å². The third-order valence-electron chi connectivity index (χ3n) is 4.39. The highest BCUT2D eigenvalue weighted by molar-refractivity contribution is 5.97. The summed E-state index contributed by atoms with van der Waals surface area (Å²) in [4.78, 5) is 24.4. The number of amides is 1. The zero-order chi connectivity index (χ0) is 18.1. The zero-order valence-electron chi connectivity index (χ0n) is 14.1. The van der Waals surface area contributed by atoms with Gasteiger partial charge < -0.3 is 10.1 Å². The van der Waals surface area contributed by atoms with Gasteiger partial charge in [0, 0.05) is 23.5 Å². The SMILES string of the molecule is CCOC(=O)c1[nH]ncc1[C@H]1CC(=O)Nc2n[nH]c(-c3ccccc3)c21. The first-order chi connectivity index (χ1) is 12.7. The highest BCUT2D eigenvalue weighted by atomic mass is 16.5. The van der Waals surface area contributed by atoms with E-state index in [0.29, 0.717) is 11.4 Å². The smallest absolute Gasteiger partial charge is 0.356 e. The highest BCUT2D eigenvalue weighted by Crippen LogP contribution is 2.42. The van der Waals surface area contributed by atoms with Gasteiger partial charge >= 0.3 is 5.97 Å². The Hall–Kier alpha value is -3.42. The maximum Gasteiger partial charge on any atom is 0.356 e. The lowest BCUT2D eigenvalue weighted by Gasteiger charge is -2.23. The van der Waals surface area contributed by atoms with Crippen LogP contribution >= 0.6 is 0 Å². The molecule has 8 heteroatoms.